The molecule has 1 saturated heterocycles. The molecule has 5 nitrogen and oxygen atoms in total. The Hall–Kier alpha value is -1.91. The molecular weight excluding hydrogens is 242 g/mol. The molecule has 0 bridgehead atoms. The molecule has 19 heavy (non-hydrogen) atoms. The Balaban J connectivity index is 2.24. The molecule has 0 aliphatic carbocycles. The van der Waals surface area contributed by atoms with Crippen LogP contribution in [0.4, 0.5) is 0 Å². The third kappa shape index (κ3) is 2.59. The maximum Gasteiger partial charge on any atom is 0.246 e. The van der Waals surface area contributed by atoms with Crippen LogP contribution in [-0.2, 0) is 16.1 Å². The summed E-state index contributed by atoms with van der Waals surface area (Å²) in [5.41, 5.74) is 1.87. The van der Waals surface area contributed by atoms with Crippen LogP contribution in [0.3, 0.4) is 0 Å². The van der Waals surface area contributed by atoms with E-state index in [0.29, 0.717) is 13.0 Å². The number of hydrogen-bond acceptors (Lipinski definition) is 3. The molecular formula is C14H19N3O2. The van der Waals surface area contributed by atoms with E-state index in [1.807, 2.05) is 26.0 Å². The number of pyridine rings is 1. The number of nitrogens with one attached hydrogen (secondary N) is 1. The van der Waals surface area contributed by atoms with Gasteiger partial charge in [-0.3, -0.25) is 14.6 Å². The van der Waals surface area contributed by atoms with E-state index in [0.717, 1.165) is 11.3 Å². The third-order valence-electron chi connectivity index (χ3n) is 3.59. The standard InChI is InChI=1S/C14H19N3O2/c1-4-11-14(19)17(10(3)13(18)16-11)8-12-9(2)6-5-7-15-12/h5-7,10-11H,4,8H2,1-3H3,(H,16,18). The first-order chi connectivity index (χ1) is 9.04. The van der Waals surface area contributed by atoms with Gasteiger partial charge in [-0.05, 0) is 31.9 Å². The lowest BCUT2D eigenvalue weighted by atomic mass is 10.1. The minimum atomic E-state index is -0.447. The zero-order valence-electron chi connectivity index (χ0n) is 11.5. The van der Waals surface area contributed by atoms with Gasteiger partial charge in [0.1, 0.15) is 12.1 Å². The predicted octanol–water partition coefficient (Wildman–Crippen LogP) is 1.02. The molecule has 2 heterocycles. The van der Waals surface area contributed by atoms with Gasteiger partial charge >= 0.3 is 0 Å². The van der Waals surface area contributed by atoms with Gasteiger partial charge in [0.15, 0.2) is 0 Å². The second-order valence-electron chi connectivity index (χ2n) is 4.88. The summed E-state index contributed by atoms with van der Waals surface area (Å²) >= 11 is 0. The molecule has 1 aliphatic rings. The van der Waals surface area contributed by atoms with E-state index in [1.54, 1.807) is 18.0 Å². The van der Waals surface area contributed by atoms with Gasteiger partial charge in [0.2, 0.25) is 11.8 Å². The molecule has 1 fully saturated rings. The lowest BCUT2D eigenvalue weighted by molar-refractivity contribution is -0.149. The summed E-state index contributed by atoms with van der Waals surface area (Å²) in [5, 5.41) is 2.75. The van der Waals surface area contributed by atoms with E-state index < -0.39 is 12.1 Å². The van der Waals surface area contributed by atoms with Crippen LogP contribution in [-0.4, -0.2) is 33.8 Å². The fourth-order valence-corrected chi connectivity index (χ4v) is 2.22. The molecule has 1 aromatic rings. The second-order valence-corrected chi connectivity index (χ2v) is 4.88. The fraction of sp³-hybridized carbons (Fsp3) is 0.500. The van der Waals surface area contributed by atoms with Crippen LogP contribution >= 0.6 is 0 Å². The van der Waals surface area contributed by atoms with Gasteiger partial charge in [-0.15, -0.1) is 0 Å². The van der Waals surface area contributed by atoms with Crippen LogP contribution in [0.2, 0.25) is 0 Å². The zero-order valence-corrected chi connectivity index (χ0v) is 11.5. The number of aryl methyl sites for hydroxylation is 1. The van der Waals surface area contributed by atoms with Crippen LogP contribution in [0.5, 0.6) is 0 Å². The summed E-state index contributed by atoms with van der Waals surface area (Å²) in [6.45, 7) is 5.98. The highest BCUT2D eigenvalue weighted by molar-refractivity contribution is 5.96. The number of nitrogens with zero attached hydrogens (tertiary/aromatic N) is 2. The van der Waals surface area contributed by atoms with Crippen LogP contribution in [0.15, 0.2) is 18.3 Å². The minimum absolute atomic E-state index is 0.0281. The van der Waals surface area contributed by atoms with Crippen LogP contribution in [0.1, 0.15) is 31.5 Å². The maximum atomic E-state index is 12.3. The first-order valence-electron chi connectivity index (χ1n) is 6.56. The Kier molecular flexibility index (Phi) is 3.83. The lowest BCUT2D eigenvalue weighted by Gasteiger charge is -2.37. The Bertz CT molecular complexity index is 501. The number of amides is 2. The van der Waals surface area contributed by atoms with Gasteiger partial charge in [0.05, 0.1) is 12.2 Å². The Morgan fingerprint density at radius 1 is 1.42 bits per heavy atom. The van der Waals surface area contributed by atoms with Crippen molar-refractivity contribution in [3.63, 3.8) is 0 Å². The van der Waals surface area contributed by atoms with Crippen LogP contribution in [0, 0.1) is 6.92 Å². The molecule has 0 aromatic carbocycles. The number of carbonyl (C=O) groups excluding carboxylic acids is 2. The van der Waals surface area contributed by atoms with Crippen molar-refractivity contribution >= 4 is 11.8 Å². The van der Waals surface area contributed by atoms with Crippen molar-refractivity contribution < 1.29 is 9.59 Å². The van der Waals surface area contributed by atoms with E-state index in [1.165, 1.54) is 0 Å². The topological polar surface area (TPSA) is 62.3 Å². The molecule has 2 unspecified atom stereocenters. The quantitative estimate of drug-likeness (QED) is 0.883. The van der Waals surface area contributed by atoms with E-state index in [4.69, 9.17) is 0 Å². The molecule has 1 aromatic heterocycles. The monoisotopic (exact) mass is 261 g/mol. The average molecular weight is 261 g/mol. The highest BCUT2D eigenvalue weighted by Crippen LogP contribution is 2.16. The number of aromatic nitrogens is 1. The lowest BCUT2D eigenvalue weighted by Crippen LogP contribution is -2.61. The molecule has 1 aliphatic heterocycles. The number of rotatable bonds is 3. The van der Waals surface area contributed by atoms with Gasteiger partial charge < -0.3 is 10.2 Å². The van der Waals surface area contributed by atoms with Crippen molar-refractivity contribution in [2.75, 3.05) is 0 Å². The van der Waals surface area contributed by atoms with E-state index in [9.17, 15) is 9.59 Å². The minimum Gasteiger partial charge on any atom is -0.343 e. The molecule has 2 amide bonds. The van der Waals surface area contributed by atoms with E-state index in [-0.39, 0.29) is 11.8 Å². The Morgan fingerprint density at radius 2 is 2.16 bits per heavy atom. The number of hydrogen-bond donors (Lipinski definition) is 1. The summed E-state index contributed by atoms with van der Waals surface area (Å²) in [7, 11) is 0. The third-order valence-corrected chi connectivity index (χ3v) is 3.59. The molecule has 102 valence electrons. The molecule has 0 spiro atoms. The Labute approximate surface area is 113 Å². The van der Waals surface area contributed by atoms with E-state index in [2.05, 4.69) is 10.3 Å². The molecule has 0 radical (unpaired) electrons. The zero-order chi connectivity index (χ0) is 14.0. The normalized spacial score (nSPS) is 23.4. The van der Waals surface area contributed by atoms with Gasteiger partial charge in [0, 0.05) is 6.20 Å². The largest absolute Gasteiger partial charge is 0.343 e. The number of carbonyl (C=O) groups is 2. The second kappa shape index (κ2) is 5.38. The van der Waals surface area contributed by atoms with Crippen molar-refractivity contribution in [3.8, 4) is 0 Å². The first-order valence-corrected chi connectivity index (χ1v) is 6.56. The van der Waals surface area contributed by atoms with Crippen LogP contribution in [0.25, 0.3) is 0 Å². The fourth-order valence-electron chi connectivity index (χ4n) is 2.22. The predicted molar refractivity (Wildman–Crippen MR) is 71.2 cm³/mol. The maximum absolute atomic E-state index is 12.3. The summed E-state index contributed by atoms with van der Waals surface area (Å²) in [5.74, 6) is -0.125. The van der Waals surface area contributed by atoms with Gasteiger partial charge in [-0.2, -0.15) is 0 Å². The molecule has 2 rings (SSSR count). The summed E-state index contributed by atoms with van der Waals surface area (Å²) in [6.07, 6.45) is 2.31. The molecule has 5 heteroatoms. The summed E-state index contributed by atoms with van der Waals surface area (Å²) in [6, 6.07) is 2.96. The SMILES string of the molecule is CCC1NC(=O)C(C)N(Cc2ncccc2C)C1=O. The average Bonchev–Trinajstić information content (AvgIpc) is 2.41. The van der Waals surface area contributed by atoms with Crippen molar-refractivity contribution in [3.05, 3.63) is 29.6 Å². The number of piperazine rings is 1. The highest BCUT2D eigenvalue weighted by Gasteiger charge is 2.37. The van der Waals surface area contributed by atoms with Crippen LogP contribution < -0.4 is 5.32 Å². The molecule has 2 atom stereocenters. The van der Waals surface area contributed by atoms with Gasteiger partial charge in [-0.25, -0.2) is 0 Å². The van der Waals surface area contributed by atoms with E-state index >= 15 is 0 Å². The molecule has 1 N–H and O–H groups in total. The summed E-state index contributed by atoms with van der Waals surface area (Å²) < 4.78 is 0. The smallest absolute Gasteiger partial charge is 0.246 e. The molecule has 0 saturated carbocycles. The van der Waals surface area contributed by atoms with Crippen molar-refractivity contribution in [1.29, 1.82) is 0 Å². The Morgan fingerprint density at radius 3 is 2.79 bits per heavy atom. The first kappa shape index (κ1) is 13.5. The van der Waals surface area contributed by atoms with Gasteiger partial charge in [-0.1, -0.05) is 13.0 Å². The van der Waals surface area contributed by atoms with Gasteiger partial charge in [0.25, 0.3) is 0 Å². The van der Waals surface area contributed by atoms with Crippen molar-refractivity contribution in [1.82, 2.24) is 15.2 Å². The highest BCUT2D eigenvalue weighted by atomic mass is 16.2. The van der Waals surface area contributed by atoms with Crippen molar-refractivity contribution in [2.24, 2.45) is 0 Å². The summed E-state index contributed by atoms with van der Waals surface area (Å²) in [4.78, 5) is 30.1. The van der Waals surface area contributed by atoms with Crippen molar-refractivity contribution in [2.45, 2.75) is 45.8 Å².